The molecule has 0 aliphatic carbocycles. The van der Waals surface area contributed by atoms with Crippen molar-refractivity contribution in [2.45, 2.75) is 6.42 Å². The van der Waals surface area contributed by atoms with Gasteiger partial charge in [-0.25, -0.2) is 0 Å². The van der Waals surface area contributed by atoms with Crippen LogP contribution >= 0.6 is 11.6 Å². The van der Waals surface area contributed by atoms with E-state index in [2.05, 4.69) is 10.6 Å². The molecule has 0 aliphatic rings. The Bertz CT molecular complexity index is 780. The van der Waals surface area contributed by atoms with Gasteiger partial charge in [-0.2, -0.15) is 0 Å². The number of carbonyl (C=O) groups is 2. The Morgan fingerprint density at radius 2 is 1.85 bits per heavy atom. The summed E-state index contributed by atoms with van der Waals surface area (Å²) < 4.78 is 10.0. The number of methoxy groups -OCH3 is 2. The van der Waals surface area contributed by atoms with Gasteiger partial charge < -0.3 is 20.1 Å². The largest absolute Gasteiger partial charge is 0.495 e. The SMILES string of the molecule is COCCCNC(=O)c1ccccc1NC(=O)c1ccc(OC)c(Cl)c1. The molecular formula is C19H21ClN2O4. The smallest absolute Gasteiger partial charge is 0.255 e. The van der Waals surface area contributed by atoms with Crippen LogP contribution in [0.3, 0.4) is 0 Å². The minimum absolute atomic E-state index is 0.259. The molecule has 2 aromatic carbocycles. The van der Waals surface area contributed by atoms with Crippen molar-refractivity contribution in [1.29, 1.82) is 0 Å². The summed E-state index contributed by atoms with van der Waals surface area (Å²) in [6.45, 7) is 1.06. The fourth-order valence-corrected chi connectivity index (χ4v) is 2.56. The van der Waals surface area contributed by atoms with Crippen molar-refractivity contribution in [2.24, 2.45) is 0 Å². The van der Waals surface area contributed by atoms with Gasteiger partial charge in [-0.1, -0.05) is 23.7 Å². The second kappa shape index (κ2) is 9.79. The topological polar surface area (TPSA) is 76.7 Å². The van der Waals surface area contributed by atoms with Gasteiger partial charge in [0.05, 0.1) is 23.4 Å². The highest BCUT2D eigenvalue weighted by Crippen LogP contribution is 2.25. The molecule has 0 radical (unpaired) electrons. The van der Waals surface area contributed by atoms with Gasteiger partial charge in [0, 0.05) is 25.8 Å². The second-order valence-electron chi connectivity index (χ2n) is 5.45. The van der Waals surface area contributed by atoms with Crippen LogP contribution in [0.5, 0.6) is 5.75 Å². The highest BCUT2D eigenvalue weighted by Gasteiger charge is 2.14. The summed E-state index contributed by atoms with van der Waals surface area (Å²) in [7, 11) is 3.11. The predicted octanol–water partition coefficient (Wildman–Crippen LogP) is 3.37. The molecule has 0 spiro atoms. The summed E-state index contributed by atoms with van der Waals surface area (Å²) in [5.41, 5.74) is 1.18. The molecule has 2 amide bonds. The van der Waals surface area contributed by atoms with Crippen molar-refractivity contribution in [3.05, 3.63) is 58.6 Å². The van der Waals surface area contributed by atoms with E-state index in [9.17, 15) is 9.59 Å². The molecule has 0 unspecified atom stereocenters. The molecule has 0 aliphatic heterocycles. The lowest BCUT2D eigenvalue weighted by Gasteiger charge is -2.12. The lowest BCUT2D eigenvalue weighted by Crippen LogP contribution is -2.26. The standard InChI is InChI=1S/C19H21ClN2O4/c1-25-11-5-10-21-19(24)14-6-3-4-7-16(14)22-18(23)13-8-9-17(26-2)15(20)12-13/h3-4,6-9,12H,5,10-11H2,1-2H3,(H,21,24)(H,22,23). The minimum atomic E-state index is -0.366. The van der Waals surface area contributed by atoms with Crippen LogP contribution in [-0.4, -0.2) is 39.2 Å². The number of halogens is 1. The van der Waals surface area contributed by atoms with Gasteiger partial charge in [-0.3, -0.25) is 9.59 Å². The number of hydrogen-bond acceptors (Lipinski definition) is 4. The van der Waals surface area contributed by atoms with Crippen molar-refractivity contribution >= 4 is 29.1 Å². The maximum Gasteiger partial charge on any atom is 0.255 e. The van der Waals surface area contributed by atoms with Gasteiger partial charge in [0.1, 0.15) is 5.75 Å². The van der Waals surface area contributed by atoms with Crippen LogP contribution in [0.25, 0.3) is 0 Å². The predicted molar refractivity (Wildman–Crippen MR) is 101 cm³/mol. The third kappa shape index (κ3) is 5.21. The maximum absolute atomic E-state index is 12.5. The lowest BCUT2D eigenvalue weighted by atomic mass is 10.1. The first-order chi connectivity index (χ1) is 12.6. The lowest BCUT2D eigenvalue weighted by molar-refractivity contribution is 0.0949. The quantitative estimate of drug-likeness (QED) is 0.692. The van der Waals surface area contributed by atoms with Gasteiger partial charge in [0.15, 0.2) is 0 Å². The Labute approximate surface area is 157 Å². The number of rotatable bonds is 8. The van der Waals surface area contributed by atoms with E-state index in [0.29, 0.717) is 47.2 Å². The zero-order valence-electron chi connectivity index (χ0n) is 14.7. The van der Waals surface area contributed by atoms with E-state index in [0.717, 1.165) is 0 Å². The van der Waals surface area contributed by atoms with E-state index >= 15 is 0 Å². The Kier molecular flexibility index (Phi) is 7.44. The summed E-state index contributed by atoms with van der Waals surface area (Å²) in [6.07, 6.45) is 0.709. The van der Waals surface area contributed by atoms with Crippen LogP contribution in [-0.2, 0) is 4.74 Å². The molecule has 0 bridgehead atoms. The summed E-state index contributed by atoms with van der Waals surface area (Å²) in [4.78, 5) is 24.8. The number of benzene rings is 2. The van der Waals surface area contributed by atoms with Crippen molar-refractivity contribution in [3.63, 3.8) is 0 Å². The summed E-state index contributed by atoms with van der Waals surface area (Å²) in [5.74, 6) is -0.141. The van der Waals surface area contributed by atoms with Gasteiger partial charge in [-0.15, -0.1) is 0 Å². The fraction of sp³-hybridized carbons (Fsp3) is 0.263. The molecule has 0 atom stereocenters. The maximum atomic E-state index is 12.5. The molecule has 2 N–H and O–H groups in total. The van der Waals surface area contributed by atoms with E-state index in [1.807, 2.05) is 0 Å². The zero-order chi connectivity index (χ0) is 18.9. The number of hydrogen-bond donors (Lipinski definition) is 2. The van der Waals surface area contributed by atoms with Crippen LogP contribution in [0.4, 0.5) is 5.69 Å². The van der Waals surface area contributed by atoms with Gasteiger partial charge >= 0.3 is 0 Å². The number of anilines is 1. The van der Waals surface area contributed by atoms with Crippen molar-refractivity contribution in [1.82, 2.24) is 5.32 Å². The molecule has 6 nitrogen and oxygen atoms in total. The van der Waals surface area contributed by atoms with Crippen molar-refractivity contribution in [2.75, 3.05) is 32.7 Å². The average Bonchev–Trinajstić information content (AvgIpc) is 2.65. The van der Waals surface area contributed by atoms with Crippen LogP contribution in [0.2, 0.25) is 5.02 Å². The number of carbonyl (C=O) groups excluding carboxylic acids is 2. The number of para-hydroxylation sites is 1. The minimum Gasteiger partial charge on any atom is -0.495 e. The number of amides is 2. The van der Waals surface area contributed by atoms with Crippen LogP contribution in [0.1, 0.15) is 27.1 Å². The summed E-state index contributed by atoms with van der Waals surface area (Å²) >= 11 is 6.06. The molecule has 0 saturated heterocycles. The molecule has 26 heavy (non-hydrogen) atoms. The van der Waals surface area contributed by atoms with E-state index in [4.69, 9.17) is 21.1 Å². The molecule has 0 aromatic heterocycles. The molecule has 2 rings (SSSR count). The monoisotopic (exact) mass is 376 g/mol. The Morgan fingerprint density at radius 1 is 1.08 bits per heavy atom. The second-order valence-corrected chi connectivity index (χ2v) is 5.86. The molecule has 2 aromatic rings. The Balaban J connectivity index is 2.10. The van der Waals surface area contributed by atoms with E-state index in [1.165, 1.54) is 13.2 Å². The molecule has 0 saturated carbocycles. The summed E-state index contributed by atoms with van der Waals surface area (Å²) in [5, 5.41) is 5.89. The van der Waals surface area contributed by atoms with Crippen molar-refractivity contribution in [3.8, 4) is 5.75 Å². The normalized spacial score (nSPS) is 10.3. The average molecular weight is 377 g/mol. The highest BCUT2D eigenvalue weighted by molar-refractivity contribution is 6.32. The van der Waals surface area contributed by atoms with Crippen LogP contribution < -0.4 is 15.4 Å². The third-order valence-electron chi connectivity index (χ3n) is 3.64. The van der Waals surface area contributed by atoms with Crippen LogP contribution in [0.15, 0.2) is 42.5 Å². The molecule has 138 valence electrons. The highest BCUT2D eigenvalue weighted by atomic mass is 35.5. The molecule has 0 fully saturated rings. The summed E-state index contributed by atoms with van der Waals surface area (Å²) in [6, 6.07) is 11.6. The number of ether oxygens (including phenoxy) is 2. The van der Waals surface area contributed by atoms with E-state index in [1.54, 1.807) is 43.5 Å². The zero-order valence-corrected chi connectivity index (χ0v) is 15.4. The molecule has 7 heteroatoms. The first-order valence-electron chi connectivity index (χ1n) is 8.08. The third-order valence-corrected chi connectivity index (χ3v) is 3.94. The fourth-order valence-electron chi connectivity index (χ4n) is 2.31. The molecular weight excluding hydrogens is 356 g/mol. The van der Waals surface area contributed by atoms with Gasteiger partial charge in [0.2, 0.25) is 0 Å². The van der Waals surface area contributed by atoms with Crippen LogP contribution in [0, 0.1) is 0 Å². The van der Waals surface area contributed by atoms with E-state index < -0.39 is 0 Å². The molecule has 0 heterocycles. The first kappa shape index (κ1) is 19.8. The Morgan fingerprint density at radius 3 is 2.54 bits per heavy atom. The van der Waals surface area contributed by atoms with Gasteiger partial charge in [0.25, 0.3) is 11.8 Å². The number of nitrogens with one attached hydrogen (secondary N) is 2. The van der Waals surface area contributed by atoms with E-state index in [-0.39, 0.29) is 11.8 Å². The Hall–Kier alpha value is -2.57. The first-order valence-corrected chi connectivity index (χ1v) is 8.45. The van der Waals surface area contributed by atoms with Crippen molar-refractivity contribution < 1.29 is 19.1 Å². The van der Waals surface area contributed by atoms with Gasteiger partial charge in [-0.05, 0) is 36.8 Å².